The van der Waals surface area contributed by atoms with Crippen LogP contribution in [-0.4, -0.2) is 33.3 Å². The minimum absolute atomic E-state index is 0.0201. The Hall–Kier alpha value is -2.73. The van der Waals surface area contributed by atoms with Gasteiger partial charge in [-0.3, -0.25) is 4.79 Å². The highest BCUT2D eigenvalue weighted by Crippen LogP contribution is 2.32. The summed E-state index contributed by atoms with van der Waals surface area (Å²) in [5.74, 6) is 1.85. The van der Waals surface area contributed by atoms with Crippen molar-refractivity contribution in [1.82, 2.24) is 5.32 Å². The molecule has 1 atom stereocenters. The lowest BCUT2D eigenvalue weighted by atomic mass is 9.97. The number of hydrogen-bond donors (Lipinski definition) is 2. The van der Waals surface area contributed by atoms with Crippen molar-refractivity contribution in [1.29, 1.82) is 0 Å². The predicted molar refractivity (Wildman–Crippen MR) is 110 cm³/mol. The van der Waals surface area contributed by atoms with Crippen LogP contribution in [0.25, 0.3) is 0 Å². The van der Waals surface area contributed by atoms with Crippen LogP contribution in [0.4, 0.5) is 0 Å². The number of methoxy groups -OCH3 is 2. The van der Waals surface area contributed by atoms with Crippen molar-refractivity contribution < 1.29 is 19.0 Å². The van der Waals surface area contributed by atoms with Gasteiger partial charge in [0.25, 0.3) is 5.91 Å². The fraction of sp³-hybridized carbons (Fsp3) is 0.409. The molecule has 2 rings (SSSR count). The summed E-state index contributed by atoms with van der Waals surface area (Å²) in [5, 5.41) is 2.86. The van der Waals surface area contributed by atoms with Gasteiger partial charge in [-0.1, -0.05) is 32.9 Å². The van der Waals surface area contributed by atoms with Crippen molar-refractivity contribution in [2.45, 2.75) is 26.8 Å². The van der Waals surface area contributed by atoms with Crippen molar-refractivity contribution >= 4 is 5.91 Å². The van der Waals surface area contributed by atoms with Gasteiger partial charge in [0, 0.05) is 18.2 Å². The van der Waals surface area contributed by atoms with E-state index in [1.54, 1.807) is 14.2 Å². The molecule has 0 aromatic heterocycles. The summed E-state index contributed by atoms with van der Waals surface area (Å²) in [4.78, 5) is 11.9. The first-order chi connectivity index (χ1) is 13.2. The molecule has 0 bridgehead atoms. The molecular weight excluding hydrogens is 356 g/mol. The van der Waals surface area contributed by atoms with Crippen molar-refractivity contribution in [3.8, 4) is 17.2 Å². The summed E-state index contributed by atoms with van der Waals surface area (Å²) in [6.07, 6.45) is 0. The summed E-state index contributed by atoms with van der Waals surface area (Å²) in [6.45, 7) is 6.77. The first-order valence-electron chi connectivity index (χ1n) is 9.20. The molecule has 0 saturated carbocycles. The van der Waals surface area contributed by atoms with Gasteiger partial charge < -0.3 is 25.3 Å². The zero-order valence-corrected chi connectivity index (χ0v) is 17.2. The maximum atomic E-state index is 11.9. The second-order valence-electron chi connectivity index (χ2n) is 7.78. The Balaban J connectivity index is 1.99. The Morgan fingerprint density at radius 1 is 1.04 bits per heavy atom. The molecule has 1 amide bonds. The van der Waals surface area contributed by atoms with Gasteiger partial charge in [-0.05, 0) is 35.2 Å². The quantitative estimate of drug-likeness (QED) is 0.727. The van der Waals surface area contributed by atoms with Gasteiger partial charge in [0.1, 0.15) is 17.2 Å². The lowest BCUT2D eigenvalue weighted by Gasteiger charge is -2.19. The fourth-order valence-corrected chi connectivity index (χ4v) is 2.59. The molecule has 28 heavy (non-hydrogen) atoms. The van der Waals surface area contributed by atoms with E-state index < -0.39 is 0 Å². The van der Waals surface area contributed by atoms with Gasteiger partial charge in [0.05, 0.1) is 20.3 Å². The number of ether oxygens (including phenoxy) is 3. The molecule has 152 valence electrons. The maximum Gasteiger partial charge on any atom is 0.257 e. The third-order valence-electron chi connectivity index (χ3n) is 4.20. The molecule has 0 aliphatic rings. The number of nitrogens with two attached hydrogens (primary N) is 1. The first kappa shape index (κ1) is 21.6. The molecule has 0 fully saturated rings. The highest BCUT2D eigenvalue weighted by molar-refractivity contribution is 5.77. The topological polar surface area (TPSA) is 82.8 Å². The van der Waals surface area contributed by atoms with Gasteiger partial charge in [-0.2, -0.15) is 0 Å². The number of carbonyl (C=O) groups is 1. The standard InChI is InChI=1S/C22H30N2O4/c1-22(2,3)14-24-20(25)13-28-16-8-6-15(7-9-16)21(23)18-11-10-17(26-4)12-19(18)27-5/h6-12,21H,13-14,23H2,1-5H3,(H,24,25). The third kappa shape index (κ3) is 6.16. The average molecular weight is 386 g/mol. The molecule has 3 N–H and O–H groups in total. The zero-order chi connectivity index (χ0) is 20.7. The van der Waals surface area contributed by atoms with E-state index in [0.717, 1.165) is 11.1 Å². The summed E-state index contributed by atoms with van der Waals surface area (Å²) in [7, 11) is 3.21. The van der Waals surface area contributed by atoms with Gasteiger partial charge in [0.2, 0.25) is 0 Å². The van der Waals surface area contributed by atoms with Crippen LogP contribution in [0.1, 0.15) is 37.9 Å². The van der Waals surface area contributed by atoms with E-state index in [2.05, 4.69) is 26.1 Å². The molecule has 0 radical (unpaired) electrons. The number of amides is 1. The smallest absolute Gasteiger partial charge is 0.257 e. The van der Waals surface area contributed by atoms with E-state index in [0.29, 0.717) is 23.8 Å². The lowest BCUT2D eigenvalue weighted by molar-refractivity contribution is -0.123. The fourth-order valence-electron chi connectivity index (χ4n) is 2.59. The molecule has 2 aromatic rings. The minimum atomic E-state index is -0.356. The Morgan fingerprint density at radius 2 is 1.68 bits per heavy atom. The number of hydrogen-bond acceptors (Lipinski definition) is 5. The van der Waals surface area contributed by atoms with E-state index in [1.807, 2.05) is 42.5 Å². The molecule has 1 unspecified atom stereocenters. The largest absolute Gasteiger partial charge is 0.497 e. The van der Waals surface area contributed by atoms with Gasteiger partial charge in [-0.15, -0.1) is 0 Å². The SMILES string of the molecule is COc1ccc(C(N)c2ccc(OCC(=O)NCC(C)(C)C)cc2)c(OC)c1. The van der Waals surface area contributed by atoms with E-state index in [1.165, 1.54) is 0 Å². The average Bonchev–Trinajstić information content (AvgIpc) is 2.69. The van der Waals surface area contributed by atoms with E-state index >= 15 is 0 Å². The monoisotopic (exact) mass is 386 g/mol. The summed E-state index contributed by atoms with van der Waals surface area (Å²) < 4.78 is 16.2. The summed E-state index contributed by atoms with van der Waals surface area (Å²) >= 11 is 0. The van der Waals surface area contributed by atoms with E-state index in [9.17, 15) is 4.79 Å². The predicted octanol–water partition coefficient (Wildman–Crippen LogP) is 3.29. The minimum Gasteiger partial charge on any atom is -0.497 e. The lowest BCUT2D eigenvalue weighted by Crippen LogP contribution is -2.35. The van der Waals surface area contributed by atoms with Gasteiger partial charge >= 0.3 is 0 Å². The number of carbonyl (C=O) groups excluding carboxylic acids is 1. The number of benzene rings is 2. The van der Waals surface area contributed by atoms with Crippen molar-refractivity contribution in [2.75, 3.05) is 27.4 Å². The molecule has 0 saturated heterocycles. The zero-order valence-electron chi connectivity index (χ0n) is 17.2. The van der Waals surface area contributed by atoms with Crippen LogP contribution in [0.3, 0.4) is 0 Å². The van der Waals surface area contributed by atoms with Gasteiger partial charge in [0.15, 0.2) is 6.61 Å². The molecule has 0 heterocycles. The third-order valence-corrected chi connectivity index (χ3v) is 4.20. The molecular formula is C22H30N2O4. The van der Waals surface area contributed by atoms with E-state index in [4.69, 9.17) is 19.9 Å². The van der Waals surface area contributed by atoms with Crippen LogP contribution >= 0.6 is 0 Å². The molecule has 6 nitrogen and oxygen atoms in total. The van der Waals surface area contributed by atoms with Crippen LogP contribution in [0.5, 0.6) is 17.2 Å². The first-order valence-corrected chi connectivity index (χ1v) is 9.20. The van der Waals surface area contributed by atoms with Crippen LogP contribution in [0.15, 0.2) is 42.5 Å². The molecule has 0 spiro atoms. The Labute approximate surface area is 167 Å². The van der Waals surface area contributed by atoms with E-state index in [-0.39, 0.29) is 24.0 Å². The molecule has 0 aliphatic heterocycles. The highest BCUT2D eigenvalue weighted by atomic mass is 16.5. The number of nitrogens with one attached hydrogen (secondary N) is 1. The summed E-state index contributed by atoms with van der Waals surface area (Å²) in [6, 6.07) is 12.6. The van der Waals surface area contributed by atoms with Crippen molar-refractivity contribution in [2.24, 2.45) is 11.1 Å². The van der Waals surface area contributed by atoms with Crippen molar-refractivity contribution in [3.63, 3.8) is 0 Å². The number of rotatable bonds is 8. The van der Waals surface area contributed by atoms with Crippen LogP contribution < -0.4 is 25.3 Å². The maximum absolute atomic E-state index is 11.9. The molecule has 0 aliphatic carbocycles. The summed E-state index contributed by atoms with van der Waals surface area (Å²) in [5.41, 5.74) is 8.22. The van der Waals surface area contributed by atoms with Crippen LogP contribution in [0.2, 0.25) is 0 Å². The van der Waals surface area contributed by atoms with Crippen LogP contribution in [-0.2, 0) is 4.79 Å². The highest BCUT2D eigenvalue weighted by Gasteiger charge is 2.16. The Bertz CT molecular complexity index is 782. The Morgan fingerprint density at radius 3 is 2.25 bits per heavy atom. The normalized spacial score (nSPS) is 12.2. The van der Waals surface area contributed by atoms with Crippen molar-refractivity contribution in [3.05, 3.63) is 53.6 Å². The van der Waals surface area contributed by atoms with Crippen LogP contribution in [0, 0.1) is 5.41 Å². The second kappa shape index (κ2) is 9.46. The second-order valence-corrected chi connectivity index (χ2v) is 7.78. The molecule has 2 aromatic carbocycles. The Kier molecular flexibility index (Phi) is 7.29. The molecule has 6 heteroatoms. The van der Waals surface area contributed by atoms with Gasteiger partial charge in [-0.25, -0.2) is 0 Å².